The summed E-state index contributed by atoms with van der Waals surface area (Å²) in [5.74, 6) is 2.77. The van der Waals surface area contributed by atoms with Crippen molar-refractivity contribution in [3.63, 3.8) is 0 Å². The zero-order valence-corrected chi connectivity index (χ0v) is 32.9. The first-order chi connectivity index (χ1) is 21.2. The van der Waals surface area contributed by atoms with E-state index in [4.69, 9.17) is 5.73 Å². The number of rotatable bonds is 9. The normalized spacial score (nSPS) is 11.6. The number of anilines is 1. The van der Waals surface area contributed by atoms with Crippen molar-refractivity contribution in [3.8, 4) is 0 Å². The number of halogens is 1. The summed E-state index contributed by atoms with van der Waals surface area (Å²) in [5.41, 5.74) is 15.3. The summed E-state index contributed by atoms with van der Waals surface area (Å²) >= 11 is -2.55. The van der Waals surface area contributed by atoms with Crippen LogP contribution in [-0.4, -0.2) is 25.7 Å². The minimum Gasteiger partial charge on any atom is -0.870 e. The fourth-order valence-electron chi connectivity index (χ4n) is 6.11. The van der Waals surface area contributed by atoms with Crippen molar-refractivity contribution >= 4 is 36.4 Å². The molecule has 4 heteroatoms. The van der Waals surface area contributed by atoms with Gasteiger partial charge in [-0.3, -0.25) is 0 Å². The van der Waals surface area contributed by atoms with E-state index in [2.05, 4.69) is 138 Å². The Labute approximate surface area is 287 Å². The molecule has 0 aliphatic carbocycles. The van der Waals surface area contributed by atoms with E-state index < -0.39 is 20.2 Å². The van der Waals surface area contributed by atoms with Crippen LogP contribution in [0, 0.1) is 5.82 Å². The van der Waals surface area contributed by atoms with Gasteiger partial charge >= 0.3 is 237 Å². The first-order valence-electron chi connectivity index (χ1n) is 16.9. The van der Waals surface area contributed by atoms with Crippen LogP contribution < -0.4 is 16.3 Å². The van der Waals surface area contributed by atoms with Crippen molar-refractivity contribution in [2.45, 2.75) is 119 Å². The van der Waals surface area contributed by atoms with Gasteiger partial charge in [-0.05, 0) is 24.3 Å². The Morgan fingerprint density at radius 2 is 0.630 bits per heavy atom. The molecule has 0 aromatic heterocycles. The Hall–Kier alpha value is -2.61. The molecule has 3 N–H and O–H groups in total. The first kappa shape index (κ1) is 39.6. The molecule has 0 amide bonds. The van der Waals surface area contributed by atoms with Gasteiger partial charge in [-0.25, -0.2) is 4.39 Å². The molecule has 0 fully saturated rings. The Balaban J connectivity index is 0.000000712. The van der Waals surface area contributed by atoms with E-state index in [1.807, 2.05) is 0 Å². The van der Waals surface area contributed by atoms with E-state index in [1.165, 1.54) is 24.3 Å². The summed E-state index contributed by atoms with van der Waals surface area (Å²) in [6, 6.07) is 27.4. The van der Waals surface area contributed by atoms with Crippen LogP contribution in [0.5, 0.6) is 0 Å². The zero-order chi connectivity index (χ0) is 33.6. The average Bonchev–Trinajstić information content (AvgIpc) is 2.98. The number of benzene rings is 4. The third kappa shape index (κ3) is 9.26. The maximum atomic E-state index is 12.0. The second kappa shape index (κ2) is 17.5. The number of hydrogen-bond acceptors (Lipinski definition) is 2. The Kier molecular flexibility index (Phi) is 15.1. The monoisotopic (exact) mass is 732 g/mol. The third-order valence-corrected chi connectivity index (χ3v) is 16.8. The van der Waals surface area contributed by atoms with E-state index in [9.17, 15) is 4.39 Å². The van der Waals surface area contributed by atoms with Gasteiger partial charge in [-0.1, -0.05) is 0 Å². The number of nitrogen functional groups attached to an aromatic ring is 1. The molecule has 0 unspecified atom stereocenters. The molecule has 4 aromatic carbocycles. The smallest absolute Gasteiger partial charge is 0.123 e. The van der Waals surface area contributed by atoms with Crippen molar-refractivity contribution in [1.29, 1.82) is 0 Å². The van der Waals surface area contributed by atoms with E-state index in [0.717, 1.165) is 0 Å². The van der Waals surface area contributed by atoms with Crippen LogP contribution >= 0.6 is 0 Å². The van der Waals surface area contributed by atoms with E-state index in [1.54, 1.807) is 43.9 Å². The largest absolute Gasteiger partial charge is 0.870 e. The molecule has 0 aliphatic rings. The molecule has 0 aliphatic heterocycles. The van der Waals surface area contributed by atoms with Gasteiger partial charge < -0.3 is 11.2 Å². The maximum absolute atomic E-state index is 12.0. The molecule has 249 valence electrons. The molecule has 0 bridgehead atoms. The van der Waals surface area contributed by atoms with Crippen LogP contribution in [0.3, 0.4) is 0 Å². The molecule has 0 spiro atoms. The van der Waals surface area contributed by atoms with Crippen LogP contribution in [-0.2, 0) is 0 Å². The predicted octanol–water partition coefficient (Wildman–Crippen LogP) is 10.2. The van der Waals surface area contributed by atoms with Gasteiger partial charge in [0.25, 0.3) is 0 Å². The molecule has 46 heavy (non-hydrogen) atoms. The van der Waals surface area contributed by atoms with Crippen molar-refractivity contribution < 1.29 is 9.87 Å². The maximum Gasteiger partial charge on any atom is 0.123 e. The molecule has 0 saturated carbocycles. The minimum absolute atomic E-state index is 0. The molecule has 0 heterocycles. The minimum atomic E-state index is -2.55. The van der Waals surface area contributed by atoms with Crippen LogP contribution in [0.25, 0.3) is 0 Å². The summed E-state index contributed by atoms with van der Waals surface area (Å²) in [7, 11) is 0. The molecule has 0 atom stereocenters. The molecule has 1 radical (unpaired) electrons. The summed E-state index contributed by atoms with van der Waals surface area (Å²) in [6.45, 7) is 28.8. The zero-order valence-electron chi connectivity index (χ0n) is 30.3. The van der Waals surface area contributed by atoms with Crippen molar-refractivity contribution in [2.75, 3.05) is 5.73 Å². The van der Waals surface area contributed by atoms with Gasteiger partial charge in [0.15, 0.2) is 0 Å². The van der Waals surface area contributed by atoms with Crippen LogP contribution in [0.1, 0.15) is 152 Å². The summed E-state index contributed by atoms with van der Waals surface area (Å²) in [4.78, 5) is 0. The molecule has 0 saturated heterocycles. The van der Waals surface area contributed by atoms with Crippen LogP contribution in [0.2, 0.25) is 0 Å². The van der Waals surface area contributed by atoms with Crippen LogP contribution in [0.15, 0.2) is 78.9 Å². The predicted molar refractivity (Wildman–Crippen MR) is 201 cm³/mol. The van der Waals surface area contributed by atoms with Gasteiger partial charge in [0, 0.05) is 5.69 Å². The Morgan fingerprint density at radius 1 is 0.413 bits per heavy atom. The Morgan fingerprint density at radius 3 is 0.804 bits per heavy atom. The standard InChI is InChI=1S/3C12H17.C6H6FN.H2O.Sb/c3*1-9(2)11-6-5-7-12(8-11)10(3)4;7-5-1-3-6(8)4-2-5;;/h3*5-7,9-10H,1-4H3;1-4H,8H2;1H2;/q;;;;;+1/p-1. The fourth-order valence-corrected chi connectivity index (χ4v) is 18.1. The van der Waals surface area contributed by atoms with Gasteiger partial charge in [0.1, 0.15) is 5.82 Å². The van der Waals surface area contributed by atoms with Gasteiger partial charge in [0.05, 0.1) is 0 Å². The first-order valence-corrected chi connectivity index (χ1v) is 20.7. The summed E-state index contributed by atoms with van der Waals surface area (Å²) in [5, 5.41) is 0. The van der Waals surface area contributed by atoms with Gasteiger partial charge in [-0.2, -0.15) is 0 Å². The molecule has 4 aromatic rings. The van der Waals surface area contributed by atoms with Gasteiger partial charge in [0.2, 0.25) is 0 Å². The average molecular weight is 734 g/mol. The van der Waals surface area contributed by atoms with Crippen LogP contribution in [0.4, 0.5) is 10.1 Å². The second-order valence-corrected chi connectivity index (χ2v) is 19.9. The molecule has 4 rings (SSSR count). The van der Waals surface area contributed by atoms with E-state index >= 15 is 0 Å². The Bertz CT molecular complexity index is 1290. The summed E-state index contributed by atoms with van der Waals surface area (Å²) < 4.78 is 17.2. The number of hydrogen-bond donors (Lipinski definition) is 1. The fraction of sp³-hybridized carbons (Fsp3) is 0.429. The van der Waals surface area contributed by atoms with Crippen molar-refractivity contribution in [1.82, 2.24) is 0 Å². The molecular weight excluding hydrogens is 675 g/mol. The topological polar surface area (TPSA) is 56.0 Å². The van der Waals surface area contributed by atoms with Crippen molar-refractivity contribution in [2.24, 2.45) is 0 Å². The summed E-state index contributed by atoms with van der Waals surface area (Å²) in [6.07, 6.45) is 0. The van der Waals surface area contributed by atoms with Gasteiger partial charge in [-0.15, -0.1) is 0 Å². The number of nitrogens with two attached hydrogens (primary N) is 1. The SMILES string of the molecule is CC(C)c1cccc(C(C)C)[c]1[Sb+]([c]1c(C(C)C)cccc1C(C)C)[c]1c(C(C)C)cccc1C(C)C.Nc1ccc(F)cc1.[OH-]. The van der Waals surface area contributed by atoms with Crippen molar-refractivity contribution in [3.05, 3.63) is 118 Å². The van der Waals surface area contributed by atoms with E-state index in [0.29, 0.717) is 41.2 Å². The van der Waals surface area contributed by atoms with E-state index in [-0.39, 0.29) is 11.3 Å². The molecule has 2 nitrogen and oxygen atoms in total. The third-order valence-electron chi connectivity index (χ3n) is 8.57. The molecular formula is C42H58FNOSb. The second-order valence-electron chi connectivity index (χ2n) is 14.2. The quantitative estimate of drug-likeness (QED) is 0.138.